The van der Waals surface area contributed by atoms with E-state index in [1.165, 1.54) is 11.1 Å². The molecular formula is C19H24N4O. The van der Waals surface area contributed by atoms with Gasteiger partial charge in [-0.2, -0.15) is 5.10 Å². The van der Waals surface area contributed by atoms with Crippen LogP contribution in [0.4, 0.5) is 0 Å². The number of carbonyl (C=O) groups is 1. The topological polar surface area (TPSA) is 61.0 Å². The zero-order chi connectivity index (χ0) is 16.5. The first-order valence-corrected chi connectivity index (χ1v) is 8.81. The van der Waals surface area contributed by atoms with Gasteiger partial charge in [0.15, 0.2) is 0 Å². The molecule has 2 fully saturated rings. The summed E-state index contributed by atoms with van der Waals surface area (Å²) in [6.07, 6.45) is 5.18. The molecule has 24 heavy (non-hydrogen) atoms. The molecule has 0 unspecified atom stereocenters. The molecular weight excluding hydrogens is 300 g/mol. The van der Waals surface area contributed by atoms with Crippen LogP contribution in [0.5, 0.6) is 0 Å². The molecule has 2 aliphatic heterocycles. The van der Waals surface area contributed by atoms with Crippen molar-refractivity contribution in [3.63, 3.8) is 0 Å². The van der Waals surface area contributed by atoms with E-state index in [9.17, 15) is 4.79 Å². The van der Waals surface area contributed by atoms with E-state index in [-0.39, 0.29) is 11.8 Å². The molecule has 5 nitrogen and oxygen atoms in total. The zero-order valence-electron chi connectivity index (χ0n) is 14.1. The molecule has 0 aliphatic carbocycles. The number of fused-ring (bicyclic) bond motifs is 3. The van der Waals surface area contributed by atoms with Crippen LogP contribution in [0.15, 0.2) is 30.5 Å². The van der Waals surface area contributed by atoms with Gasteiger partial charge in [0.1, 0.15) is 0 Å². The fraction of sp³-hybridized carbons (Fsp3) is 0.474. The van der Waals surface area contributed by atoms with Gasteiger partial charge in [-0.25, -0.2) is 0 Å². The van der Waals surface area contributed by atoms with E-state index in [4.69, 9.17) is 0 Å². The number of amides is 1. The number of nitrogens with one attached hydrogen (secondary N) is 2. The van der Waals surface area contributed by atoms with Crippen LogP contribution in [0.25, 0.3) is 11.3 Å². The number of aryl methyl sites for hydroxylation is 1. The molecule has 2 aliphatic rings. The van der Waals surface area contributed by atoms with Gasteiger partial charge in [0.2, 0.25) is 5.91 Å². The van der Waals surface area contributed by atoms with Gasteiger partial charge in [0.05, 0.1) is 17.8 Å². The van der Waals surface area contributed by atoms with Crippen LogP contribution >= 0.6 is 0 Å². The van der Waals surface area contributed by atoms with Crippen molar-refractivity contribution in [2.75, 3.05) is 13.1 Å². The first kappa shape index (κ1) is 15.4. The summed E-state index contributed by atoms with van der Waals surface area (Å²) in [4.78, 5) is 14.6. The normalized spacial score (nSPS) is 24.5. The largest absolute Gasteiger partial charge is 0.352 e. The summed E-state index contributed by atoms with van der Waals surface area (Å²) >= 11 is 0. The number of nitrogens with zero attached hydrogens (tertiary/aromatic N) is 2. The van der Waals surface area contributed by atoms with Crippen LogP contribution < -0.4 is 5.32 Å². The van der Waals surface area contributed by atoms with Crippen molar-refractivity contribution in [3.05, 3.63) is 41.6 Å². The minimum atomic E-state index is 0.132. The van der Waals surface area contributed by atoms with E-state index < -0.39 is 0 Å². The Bertz CT molecular complexity index is 721. The lowest BCUT2D eigenvalue weighted by atomic mass is 9.98. The Kier molecular flexibility index (Phi) is 4.10. The first-order chi connectivity index (χ1) is 11.7. The van der Waals surface area contributed by atoms with Crippen LogP contribution in [-0.4, -0.2) is 40.1 Å². The van der Waals surface area contributed by atoms with E-state index in [1.54, 1.807) is 0 Å². The Balaban J connectivity index is 1.55. The summed E-state index contributed by atoms with van der Waals surface area (Å²) in [5.41, 5.74) is 4.71. The summed E-state index contributed by atoms with van der Waals surface area (Å²) in [5, 5.41) is 10.6. The standard InChI is InChI=1S/C19H24N4O/c1-13-5-7-14(8-6-13)18-16(9-20-22-18)11-23-10-15-3-2-4-17(12-23)21-19(15)24/h5-9,15,17H,2-4,10-12H2,1H3,(H,20,22)(H,21,24)/t15-,17+/m1/s1. The highest BCUT2D eigenvalue weighted by Crippen LogP contribution is 2.26. The predicted octanol–water partition coefficient (Wildman–Crippen LogP) is 2.49. The molecule has 5 heteroatoms. The molecule has 2 aromatic rings. The average molecular weight is 324 g/mol. The molecule has 2 saturated heterocycles. The summed E-state index contributed by atoms with van der Waals surface area (Å²) in [6, 6.07) is 8.81. The van der Waals surface area contributed by atoms with Crippen LogP contribution in [-0.2, 0) is 11.3 Å². The summed E-state index contributed by atoms with van der Waals surface area (Å²) in [6.45, 7) is 4.71. The lowest BCUT2D eigenvalue weighted by Gasteiger charge is -2.27. The Labute approximate surface area is 142 Å². The van der Waals surface area contributed by atoms with Crippen molar-refractivity contribution in [1.29, 1.82) is 0 Å². The zero-order valence-corrected chi connectivity index (χ0v) is 14.1. The Hall–Kier alpha value is -2.14. The highest BCUT2D eigenvalue weighted by atomic mass is 16.2. The van der Waals surface area contributed by atoms with Crippen LogP contribution in [0.3, 0.4) is 0 Å². The molecule has 2 bridgehead atoms. The van der Waals surface area contributed by atoms with Gasteiger partial charge < -0.3 is 5.32 Å². The van der Waals surface area contributed by atoms with Gasteiger partial charge in [0.25, 0.3) is 0 Å². The van der Waals surface area contributed by atoms with E-state index in [2.05, 4.69) is 51.6 Å². The molecule has 2 N–H and O–H groups in total. The van der Waals surface area contributed by atoms with E-state index >= 15 is 0 Å². The number of aromatic amines is 1. The van der Waals surface area contributed by atoms with E-state index in [1.807, 2.05) is 6.20 Å². The lowest BCUT2D eigenvalue weighted by molar-refractivity contribution is -0.124. The third-order valence-electron chi connectivity index (χ3n) is 5.23. The summed E-state index contributed by atoms with van der Waals surface area (Å²) < 4.78 is 0. The van der Waals surface area contributed by atoms with Gasteiger partial charge in [-0.05, 0) is 25.3 Å². The highest BCUT2D eigenvalue weighted by Gasteiger charge is 2.32. The smallest absolute Gasteiger partial charge is 0.224 e. The molecule has 4 rings (SSSR count). The number of likely N-dealkylation sites (tertiary alicyclic amines) is 1. The molecule has 1 aromatic carbocycles. The van der Waals surface area contributed by atoms with Crippen molar-refractivity contribution >= 4 is 5.91 Å². The fourth-order valence-electron chi connectivity index (χ4n) is 3.91. The number of aromatic nitrogens is 2. The minimum absolute atomic E-state index is 0.132. The molecule has 126 valence electrons. The second-order valence-corrected chi connectivity index (χ2v) is 7.16. The van der Waals surface area contributed by atoms with Crippen LogP contribution in [0.2, 0.25) is 0 Å². The Morgan fingerprint density at radius 2 is 2.04 bits per heavy atom. The second-order valence-electron chi connectivity index (χ2n) is 7.16. The molecule has 0 spiro atoms. The maximum absolute atomic E-state index is 12.2. The third kappa shape index (κ3) is 3.08. The molecule has 2 atom stereocenters. The van der Waals surface area contributed by atoms with Crippen molar-refractivity contribution in [2.24, 2.45) is 5.92 Å². The number of H-pyrrole nitrogens is 1. The quantitative estimate of drug-likeness (QED) is 0.912. The second kappa shape index (κ2) is 6.40. The minimum Gasteiger partial charge on any atom is -0.352 e. The summed E-state index contributed by atoms with van der Waals surface area (Å²) in [7, 11) is 0. The van der Waals surface area contributed by atoms with Gasteiger partial charge in [-0.3, -0.25) is 14.8 Å². The van der Waals surface area contributed by atoms with E-state index in [0.717, 1.165) is 50.2 Å². The third-order valence-corrected chi connectivity index (χ3v) is 5.23. The maximum Gasteiger partial charge on any atom is 0.224 e. The van der Waals surface area contributed by atoms with Gasteiger partial charge in [0, 0.05) is 31.2 Å². The SMILES string of the molecule is Cc1ccc(-c2[nH]ncc2CN2C[C@@H]3CCC[C@H](C2)C(=O)N3)cc1. The number of rotatable bonds is 3. The lowest BCUT2D eigenvalue weighted by Crippen LogP contribution is -2.38. The Morgan fingerprint density at radius 3 is 2.88 bits per heavy atom. The molecule has 1 aromatic heterocycles. The highest BCUT2D eigenvalue weighted by molar-refractivity contribution is 5.79. The number of benzene rings is 1. The van der Waals surface area contributed by atoms with Crippen molar-refractivity contribution in [1.82, 2.24) is 20.4 Å². The Morgan fingerprint density at radius 1 is 1.21 bits per heavy atom. The van der Waals surface area contributed by atoms with Crippen molar-refractivity contribution in [3.8, 4) is 11.3 Å². The van der Waals surface area contributed by atoms with Crippen LogP contribution in [0.1, 0.15) is 30.4 Å². The maximum atomic E-state index is 12.2. The molecule has 3 heterocycles. The molecule has 0 radical (unpaired) electrons. The van der Waals surface area contributed by atoms with Gasteiger partial charge in [-0.15, -0.1) is 0 Å². The number of hydrogen-bond donors (Lipinski definition) is 2. The average Bonchev–Trinajstić information content (AvgIpc) is 2.86. The van der Waals surface area contributed by atoms with Crippen molar-refractivity contribution in [2.45, 2.75) is 38.8 Å². The number of hydrogen-bond acceptors (Lipinski definition) is 3. The van der Waals surface area contributed by atoms with E-state index in [0.29, 0.717) is 6.04 Å². The predicted molar refractivity (Wildman–Crippen MR) is 93.3 cm³/mol. The summed E-state index contributed by atoms with van der Waals surface area (Å²) in [5.74, 6) is 0.373. The molecule has 0 saturated carbocycles. The number of carbonyl (C=O) groups excluding carboxylic acids is 1. The van der Waals surface area contributed by atoms with Gasteiger partial charge in [-0.1, -0.05) is 36.2 Å². The monoisotopic (exact) mass is 324 g/mol. The van der Waals surface area contributed by atoms with Crippen LogP contribution in [0, 0.1) is 12.8 Å². The van der Waals surface area contributed by atoms with Gasteiger partial charge >= 0.3 is 0 Å². The molecule has 1 amide bonds. The fourth-order valence-corrected chi connectivity index (χ4v) is 3.91. The first-order valence-electron chi connectivity index (χ1n) is 8.81. The van der Waals surface area contributed by atoms with Crippen molar-refractivity contribution < 1.29 is 4.79 Å².